The number of carbonyl (C=O) groups excluding carboxylic acids is 1. The lowest BCUT2D eigenvalue weighted by Gasteiger charge is -2.27. The summed E-state index contributed by atoms with van der Waals surface area (Å²) in [5.41, 5.74) is 1.43. The van der Waals surface area contributed by atoms with Crippen molar-refractivity contribution in [3.8, 4) is 0 Å². The smallest absolute Gasteiger partial charge is 0.319 e. The molecule has 0 saturated carbocycles. The SMILES string of the molecule is COC(=O)CN1CCCN(C(C)Cc2ccsc2)CC1. The number of nitrogens with zero attached hydrogens (tertiary/aromatic N) is 2. The highest BCUT2D eigenvalue weighted by atomic mass is 32.1. The van der Waals surface area contributed by atoms with Gasteiger partial charge in [-0.1, -0.05) is 0 Å². The Hall–Kier alpha value is -0.910. The third kappa shape index (κ3) is 4.58. The minimum Gasteiger partial charge on any atom is -0.468 e. The van der Waals surface area contributed by atoms with Crippen molar-refractivity contribution in [2.24, 2.45) is 0 Å². The summed E-state index contributed by atoms with van der Waals surface area (Å²) in [5.74, 6) is -0.134. The fourth-order valence-electron chi connectivity index (χ4n) is 2.72. The highest BCUT2D eigenvalue weighted by molar-refractivity contribution is 7.07. The van der Waals surface area contributed by atoms with Crippen LogP contribution in [0.5, 0.6) is 0 Å². The van der Waals surface area contributed by atoms with Crippen LogP contribution < -0.4 is 0 Å². The van der Waals surface area contributed by atoms with E-state index in [1.54, 1.807) is 11.3 Å². The van der Waals surface area contributed by atoms with Crippen molar-refractivity contribution >= 4 is 17.3 Å². The van der Waals surface area contributed by atoms with Gasteiger partial charge in [0.15, 0.2) is 0 Å². The molecule has 112 valence electrons. The van der Waals surface area contributed by atoms with E-state index in [2.05, 4.69) is 33.6 Å². The molecule has 1 aliphatic heterocycles. The first-order chi connectivity index (χ1) is 9.69. The maximum absolute atomic E-state index is 11.3. The van der Waals surface area contributed by atoms with Gasteiger partial charge >= 0.3 is 5.97 Å². The summed E-state index contributed by atoms with van der Waals surface area (Å²) in [5, 5.41) is 4.38. The van der Waals surface area contributed by atoms with Crippen LogP contribution in [0.3, 0.4) is 0 Å². The zero-order chi connectivity index (χ0) is 14.4. The molecule has 0 amide bonds. The second-order valence-corrected chi connectivity index (χ2v) is 6.21. The molecule has 0 bridgehead atoms. The van der Waals surface area contributed by atoms with Crippen molar-refractivity contribution in [1.82, 2.24) is 9.80 Å². The molecular formula is C15H24N2O2S. The van der Waals surface area contributed by atoms with E-state index in [4.69, 9.17) is 4.74 Å². The standard InChI is InChI=1S/C15H24N2O2S/c1-13(10-14-4-9-20-12-14)17-6-3-5-16(7-8-17)11-15(18)19-2/h4,9,12-13H,3,5-8,10-11H2,1-2H3. The van der Waals surface area contributed by atoms with Gasteiger partial charge in [-0.2, -0.15) is 11.3 Å². The van der Waals surface area contributed by atoms with Crippen molar-refractivity contribution in [3.05, 3.63) is 22.4 Å². The molecule has 0 aliphatic carbocycles. The molecule has 1 aromatic rings. The first-order valence-corrected chi connectivity index (χ1v) is 8.17. The molecule has 1 saturated heterocycles. The first kappa shape index (κ1) is 15.5. The first-order valence-electron chi connectivity index (χ1n) is 7.23. The van der Waals surface area contributed by atoms with Gasteiger partial charge in [-0.05, 0) is 48.7 Å². The van der Waals surface area contributed by atoms with Crippen LogP contribution in [0.25, 0.3) is 0 Å². The van der Waals surface area contributed by atoms with Gasteiger partial charge in [0.1, 0.15) is 0 Å². The topological polar surface area (TPSA) is 32.8 Å². The number of methoxy groups -OCH3 is 1. The molecule has 0 aromatic carbocycles. The molecule has 4 nitrogen and oxygen atoms in total. The molecule has 1 unspecified atom stereocenters. The van der Waals surface area contributed by atoms with E-state index in [1.807, 2.05) is 0 Å². The van der Waals surface area contributed by atoms with E-state index < -0.39 is 0 Å². The van der Waals surface area contributed by atoms with Gasteiger partial charge in [-0.3, -0.25) is 14.6 Å². The lowest BCUT2D eigenvalue weighted by molar-refractivity contribution is -0.141. The monoisotopic (exact) mass is 296 g/mol. The van der Waals surface area contributed by atoms with E-state index in [9.17, 15) is 4.79 Å². The average Bonchev–Trinajstić information content (AvgIpc) is 2.83. The summed E-state index contributed by atoms with van der Waals surface area (Å²) in [7, 11) is 1.45. The van der Waals surface area contributed by atoms with Crippen LogP contribution in [-0.4, -0.2) is 61.6 Å². The van der Waals surface area contributed by atoms with Crippen molar-refractivity contribution < 1.29 is 9.53 Å². The molecule has 0 N–H and O–H groups in total. The van der Waals surface area contributed by atoms with Crippen LogP contribution in [0.2, 0.25) is 0 Å². The largest absolute Gasteiger partial charge is 0.468 e. The number of carbonyl (C=O) groups is 1. The second kappa shape index (κ2) is 7.76. The number of thiophene rings is 1. The van der Waals surface area contributed by atoms with E-state index in [0.717, 1.165) is 39.0 Å². The van der Waals surface area contributed by atoms with Crippen LogP contribution in [-0.2, 0) is 16.0 Å². The minimum absolute atomic E-state index is 0.134. The van der Waals surface area contributed by atoms with E-state index >= 15 is 0 Å². The van der Waals surface area contributed by atoms with Gasteiger partial charge in [0.2, 0.25) is 0 Å². The second-order valence-electron chi connectivity index (χ2n) is 5.43. The van der Waals surface area contributed by atoms with Crippen LogP contribution in [0, 0.1) is 0 Å². The Bertz CT molecular complexity index is 408. The Morgan fingerprint density at radius 3 is 2.95 bits per heavy atom. The van der Waals surface area contributed by atoms with E-state index in [0.29, 0.717) is 12.6 Å². The quantitative estimate of drug-likeness (QED) is 0.777. The molecule has 1 fully saturated rings. The number of esters is 1. The van der Waals surface area contributed by atoms with Gasteiger partial charge in [0, 0.05) is 25.7 Å². The van der Waals surface area contributed by atoms with Crippen LogP contribution in [0.15, 0.2) is 16.8 Å². The average molecular weight is 296 g/mol. The predicted molar refractivity (Wildman–Crippen MR) is 82.1 cm³/mol. The zero-order valence-corrected chi connectivity index (χ0v) is 13.2. The molecule has 2 heterocycles. The lowest BCUT2D eigenvalue weighted by Crippen LogP contribution is -2.38. The molecule has 0 spiro atoms. The molecule has 1 atom stereocenters. The normalized spacial score (nSPS) is 19.5. The minimum atomic E-state index is -0.134. The van der Waals surface area contributed by atoms with Gasteiger partial charge in [-0.15, -0.1) is 0 Å². The van der Waals surface area contributed by atoms with Crippen molar-refractivity contribution in [2.75, 3.05) is 39.8 Å². The molecule has 1 aliphatic rings. The Balaban J connectivity index is 1.81. The van der Waals surface area contributed by atoms with Crippen LogP contribution in [0.4, 0.5) is 0 Å². The summed E-state index contributed by atoms with van der Waals surface area (Å²) in [6.45, 7) is 6.79. The summed E-state index contributed by atoms with van der Waals surface area (Å²) < 4.78 is 4.75. The third-order valence-electron chi connectivity index (χ3n) is 3.94. The fourth-order valence-corrected chi connectivity index (χ4v) is 3.40. The van der Waals surface area contributed by atoms with Gasteiger partial charge in [-0.25, -0.2) is 0 Å². The molecule has 1 aromatic heterocycles. The maximum atomic E-state index is 11.3. The van der Waals surface area contributed by atoms with Crippen molar-refractivity contribution in [1.29, 1.82) is 0 Å². The van der Waals surface area contributed by atoms with E-state index in [1.165, 1.54) is 12.7 Å². The Kier molecular flexibility index (Phi) is 6.01. The molecule has 2 rings (SSSR count). The predicted octanol–water partition coefficient (Wildman–Crippen LogP) is 1.86. The summed E-state index contributed by atoms with van der Waals surface area (Å²) in [4.78, 5) is 16.1. The van der Waals surface area contributed by atoms with Gasteiger partial charge in [0.05, 0.1) is 13.7 Å². The zero-order valence-electron chi connectivity index (χ0n) is 12.4. The maximum Gasteiger partial charge on any atom is 0.319 e. The summed E-state index contributed by atoms with van der Waals surface area (Å²) in [6, 6.07) is 2.77. The highest BCUT2D eigenvalue weighted by Gasteiger charge is 2.20. The Morgan fingerprint density at radius 2 is 2.25 bits per heavy atom. The highest BCUT2D eigenvalue weighted by Crippen LogP contribution is 2.14. The van der Waals surface area contributed by atoms with Crippen LogP contribution in [0.1, 0.15) is 18.9 Å². The van der Waals surface area contributed by atoms with Crippen molar-refractivity contribution in [3.63, 3.8) is 0 Å². The van der Waals surface area contributed by atoms with Crippen LogP contribution >= 0.6 is 11.3 Å². The summed E-state index contributed by atoms with van der Waals surface area (Å²) in [6.07, 6.45) is 2.23. The number of hydrogen-bond acceptors (Lipinski definition) is 5. The fraction of sp³-hybridized carbons (Fsp3) is 0.667. The number of ether oxygens (including phenoxy) is 1. The van der Waals surface area contributed by atoms with Gasteiger partial charge < -0.3 is 4.74 Å². The Morgan fingerprint density at radius 1 is 1.40 bits per heavy atom. The molecule has 5 heteroatoms. The Labute approximate surface area is 125 Å². The lowest BCUT2D eigenvalue weighted by atomic mass is 10.1. The number of hydrogen-bond donors (Lipinski definition) is 0. The van der Waals surface area contributed by atoms with E-state index in [-0.39, 0.29) is 5.97 Å². The third-order valence-corrected chi connectivity index (χ3v) is 4.67. The molecular weight excluding hydrogens is 272 g/mol. The molecule has 20 heavy (non-hydrogen) atoms. The van der Waals surface area contributed by atoms with Gasteiger partial charge in [0.25, 0.3) is 0 Å². The number of rotatable bonds is 5. The van der Waals surface area contributed by atoms with Crippen molar-refractivity contribution in [2.45, 2.75) is 25.8 Å². The summed E-state index contributed by atoms with van der Waals surface area (Å²) >= 11 is 1.76. The molecule has 0 radical (unpaired) electrons.